The van der Waals surface area contributed by atoms with E-state index < -0.39 is 0 Å². The summed E-state index contributed by atoms with van der Waals surface area (Å²) in [5, 5.41) is 21.6. The maximum absolute atomic E-state index is 10.0. The molecule has 3 aromatic heterocycles. The Labute approximate surface area is 183 Å². The minimum Gasteiger partial charge on any atom is -0.357 e. The zero-order chi connectivity index (χ0) is 19.7. The largest absolute Gasteiger partial charge is 0.357 e. The third kappa shape index (κ3) is 3.34. The fourth-order valence-corrected chi connectivity index (χ4v) is 5.08. The maximum Gasteiger partial charge on any atom is 0.222 e. The van der Waals surface area contributed by atoms with E-state index in [1.807, 2.05) is 18.2 Å². The number of hydrogen-bond acceptors (Lipinski definition) is 7. The second-order valence-electron chi connectivity index (χ2n) is 5.60. The Morgan fingerprint density at radius 2 is 2.14 bits per heavy atom. The molecule has 0 radical (unpaired) electrons. The number of benzene rings is 1. The van der Waals surface area contributed by atoms with Gasteiger partial charge in [-0.3, -0.25) is 0 Å². The number of hydrogen-bond donors (Lipinski definition) is 2. The van der Waals surface area contributed by atoms with Crippen LogP contribution in [-0.4, -0.2) is 32.2 Å². The summed E-state index contributed by atoms with van der Waals surface area (Å²) in [6.45, 7) is 0. The summed E-state index contributed by atoms with van der Waals surface area (Å²) in [6.07, 6.45) is 3.18. The molecule has 0 atom stereocenters. The van der Waals surface area contributed by atoms with E-state index in [2.05, 4.69) is 59.1 Å². The van der Waals surface area contributed by atoms with E-state index in [-0.39, 0.29) is 0 Å². The van der Waals surface area contributed by atoms with Crippen molar-refractivity contribution in [2.75, 3.05) is 12.4 Å². The molecule has 4 aromatic rings. The average Bonchev–Trinajstić information content (AvgIpc) is 3.35. The van der Waals surface area contributed by atoms with Crippen molar-refractivity contribution in [1.82, 2.24) is 25.1 Å². The molecular formula is C18H11ClIN7S. The summed E-state index contributed by atoms with van der Waals surface area (Å²) in [5.74, 6) is 1.08. The van der Waals surface area contributed by atoms with E-state index in [0.29, 0.717) is 28.1 Å². The summed E-state index contributed by atoms with van der Waals surface area (Å²) in [6, 6.07) is 9.73. The van der Waals surface area contributed by atoms with Gasteiger partial charge in [0.1, 0.15) is 12.4 Å². The fraction of sp³-hybridized carbons (Fsp3) is 0.0556. The minimum absolute atomic E-state index is 0.485. The first kappa shape index (κ1) is 18.8. The van der Waals surface area contributed by atoms with Crippen LogP contribution in [0.5, 0.6) is 0 Å². The molecule has 0 aliphatic carbocycles. The molecule has 4 rings (SSSR count). The highest BCUT2D eigenvalue weighted by Crippen LogP contribution is 2.47. The lowest BCUT2D eigenvalue weighted by Gasteiger charge is -2.07. The SMILES string of the molecule is CNc1nccc(-c2sc(-c3nnc[nH]3)c(-c3ccc(Cl)cc3I)c2C#N)n1. The molecule has 0 amide bonds. The Morgan fingerprint density at radius 3 is 2.82 bits per heavy atom. The lowest BCUT2D eigenvalue weighted by Crippen LogP contribution is -1.96. The molecule has 0 spiro atoms. The molecule has 0 aliphatic rings. The Hall–Kier alpha value is -2.55. The molecule has 0 aliphatic heterocycles. The van der Waals surface area contributed by atoms with Gasteiger partial charge in [-0.05, 0) is 46.4 Å². The molecule has 1 aromatic carbocycles. The van der Waals surface area contributed by atoms with Crippen LogP contribution in [0.15, 0.2) is 36.8 Å². The second-order valence-corrected chi connectivity index (χ2v) is 8.22. The van der Waals surface area contributed by atoms with Crippen molar-refractivity contribution in [3.63, 3.8) is 0 Å². The summed E-state index contributed by atoms with van der Waals surface area (Å²) >= 11 is 9.79. The Morgan fingerprint density at radius 1 is 1.29 bits per heavy atom. The third-order valence-corrected chi connectivity index (χ3v) is 6.31. The number of H-pyrrole nitrogens is 1. The first-order valence-electron chi connectivity index (χ1n) is 8.02. The molecule has 0 fully saturated rings. The van der Waals surface area contributed by atoms with Gasteiger partial charge >= 0.3 is 0 Å². The number of anilines is 1. The quantitative estimate of drug-likeness (QED) is 0.375. The van der Waals surface area contributed by atoms with Crippen LogP contribution in [0.25, 0.3) is 32.4 Å². The van der Waals surface area contributed by atoms with E-state index >= 15 is 0 Å². The summed E-state index contributed by atoms with van der Waals surface area (Å²) in [5.41, 5.74) is 2.87. The van der Waals surface area contributed by atoms with Gasteiger partial charge in [0, 0.05) is 27.4 Å². The molecule has 0 bridgehead atoms. The normalized spacial score (nSPS) is 10.6. The first-order chi connectivity index (χ1) is 13.6. The Balaban J connectivity index is 2.03. The number of nitriles is 1. The summed E-state index contributed by atoms with van der Waals surface area (Å²) in [7, 11) is 1.75. The van der Waals surface area contributed by atoms with Crippen molar-refractivity contribution in [3.8, 4) is 38.5 Å². The Bertz CT molecular complexity index is 1200. The number of rotatable bonds is 4. The van der Waals surface area contributed by atoms with Crippen molar-refractivity contribution in [2.45, 2.75) is 0 Å². The number of aromatic nitrogens is 5. The Kier molecular flexibility index (Phi) is 5.25. The lowest BCUT2D eigenvalue weighted by molar-refractivity contribution is 1.10. The van der Waals surface area contributed by atoms with Gasteiger partial charge in [-0.2, -0.15) is 5.26 Å². The molecule has 2 N–H and O–H groups in total. The van der Waals surface area contributed by atoms with Crippen LogP contribution in [0.2, 0.25) is 5.02 Å². The second kappa shape index (κ2) is 7.83. The highest BCUT2D eigenvalue weighted by Gasteiger charge is 2.25. The van der Waals surface area contributed by atoms with E-state index in [0.717, 1.165) is 24.5 Å². The van der Waals surface area contributed by atoms with Gasteiger partial charge in [0.25, 0.3) is 0 Å². The van der Waals surface area contributed by atoms with Crippen molar-refractivity contribution in [1.29, 1.82) is 5.26 Å². The smallest absolute Gasteiger partial charge is 0.222 e. The van der Waals surface area contributed by atoms with Crippen LogP contribution in [-0.2, 0) is 0 Å². The number of halogens is 2. The van der Waals surface area contributed by atoms with Crippen LogP contribution in [0, 0.1) is 14.9 Å². The molecule has 7 nitrogen and oxygen atoms in total. The predicted octanol–water partition coefficient (Wildman–Crippen LogP) is 4.83. The van der Waals surface area contributed by atoms with Gasteiger partial charge in [0.05, 0.1) is 21.0 Å². The number of nitrogens with zero attached hydrogens (tertiary/aromatic N) is 5. The predicted molar refractivity (Wildman–Crippen MR) is 118 cm³/mol. The molecule has 138 valence electrons. The van der Waals surface area contributed by atoms with Crippen LogP contribution in [0.1, 0.15) is 5.56 Å². The van der Waals surface area contributed by atoms with E-state index in [9.17, 15) is 5.26 Å². The van der Waals surface area contributed by atoms with Gasteiger partial charge < -0.3 is 10.3 Å². The monoisotopic (exact) mass is 519 g/mol. The molecule has 0 saturated heterocycles. The number of nitrogens with one attached hydrogen (secondary N) is 2. The molecule has 10 heteroatoms. The third-order valence-electron chi connectivity index (χ3n) is 3.96. The lowest BCUT2D eigenvalue weighted by atomic mass is 9.99. The van der Waals surface area contributed by atoms with Crippen molar-refractivity contribution in [3.05, 3.63) is 50.9 Å². The zero-order valence-corrected chi connectivity index (χ0v) is 18.1. The van der Waals surface area contributed by atoms with Gasteiger partial charge in [0.2, 0.25) is 5.95 Å². The van der Waals surface area contributed by atoms with E-state index in [1.165, 1.54) is 17.7 Å². The van der Waals surface area contributed by atoms with Crippen LogP contribution < -0.4 is 5.32 Å². The van der Waals surface area contributed by atoms with Crippen LogP contribution >= 0.6 is 45.5 Å². The molecule has 0 unspecified atom stereocenters. The van der Waals surface area contributed by atoms with Gasteiger partial charge in [-0.15, -0.1) is 21.5 Å². The molecule has 0 saturated carbocycles. The van der Waals surface area contributed by atoms with Crippen molar-refractivity contribution < 1.29 is 0 Å². The van der Waals surface area contributed by atoms with E-state index in [4.69, 9.17) is 11.6 Å². The summed E-state index contributed by atoms with van der Waals surface area (Å²) in [4.78, 5) is 13.3. The van der Waals surface area contributed by atoms with Crippen LogP contribution in [0.4, 0.5) is 5.95 Å². The van der Waals surface area contributed by atoms with Crippen molar-refractivity contribution in [2.24, 2.45) is 0 Å². The topological polar surface area (TPSA) is 103 Å². The first-order valence-corrected chi connectivity index (χ1v) is 10.3. The van der Waals surface area contributed by atoms with Crippen molar-refractivity contribution >= 4 is 51.5 Å². The molecule has 3 heterocycles. The molecular weight excluding hydrogens is 509 g/mol. The molecule has 28 heavy (non-hydrogen) atoms. The zero-order valence-electron chi connectivity index (χ0n) is 14.4. The van der Waals surface area contributed by atoms with Gasteiger partial charge in [-0.1, -0.05) is 17.7 Å². The minimum atomic E-state index is 0.485. The highest BCUT2D eigenvalue weighted by atomic mass is 127. The number of aromatic amines is 1. The maximum atomic E-state index is 10.0. The fourth-order valence-electron chi connectivity index (χ4n) is 2.76. The highest BCUT2D eigenvalue weighted by molar-refractivity contribution is 14.1. The summed E-state index contributed by atoms with van der Waals surface area (Å²) < 4.78 is 0.935. The number of thiophene rings is 1. The van der Waals surface area contributed by atoms with Crippen LogP contribution in [0.3, 0.4) is 0 Å². The van der Waals surface area contributed by atoms with Gasteiger partial charge in [0.15, 0.2) is 5.82 Å². The average molecular weight is 520 g/mol. The van der Waals surface area contributed by atoms with E-state index in [1.54, 1.807) is 19.3 Å². The standard InChI is InChI=1S/C18H11ClIN7S/c1-22-18-23-5-4-13(26-18)15-11(7-21)14(10-3-2-9(19)6-12(10)20)16(28-15)17-24-8-25-27-17/h2-6,8H,1H3,(H,22,23,26)(H,24,25,27). The van der Waals surface area contributed by atoms with Gasteiger partial charge in [-0.25, -0.2) is 9.97 Å².